The predicted molar refractivity (Wildman–Crippen MR) is 61.2 cm³/mol. The molecule has 98 valence electrons. The molecule has 0 saturated carbocycles. The molecule has 2 heterocycles. The molecular weight excluding hydrogens is 238 g/mol. The van der Waals surface area contributed by atoms with Crippen molar-refractivity contribution in [2.24, 2.45) is 0 Å². The summed E-state index contributed by atoms with van der Waals surface area (Å²) in [5.41, 5.74) is 0.0112. The number of carboxylic acid groups (broad SMARTS) is 1. The van der Waals surface area contributed by atoms with E-state index in [1.54, 1.807) is 0 Å². The van der Waals surface area contributed by atoms with Crippen molar-refractivity contribution < 1.29 is 19.4 Å². The first kappa shape index (κ1) is 12.6. The quantitative estimate of drug-likeness (QED) is 0.780. The van der Waals surface area contributed by atoms with E-state index >= 15 is 0 Å². The van der Waals surface area contributed by atoms with E-state index in [4.69, 9.17) is 9.84 Å². The van der Waals surface area contributed by atoms with Crippen LogP contribution in [0.3, 0.4) is 0 Å². The second kappa shape index (κ2) is 5.63. The number of amides is 1. The van der Waals surface area contributed by atoms with Gasteiger partial charge in [0.2, 0.25) is 5.91 Å². The Balaban J connectivity index is 1.90. The number of nitrogens with one attached hydrogen (secondary N) is 1. The molecule has 1 aliphatic rings. The summed E-state index contributed by atoms with van der Waals surface area (Å²) in [6, 6.07) is 1.47. The Bertz CT molecular complexity index is 437. The lowest BCUT2D eigenvalue weighted by Crippen LogP contribution is -2.40. The summed E-state index contributed by atoms with van der Waals surface area (Å²) in [6.07, 6.45) is 2.94. The van der Waals surface area contributed by atoms with E-state index in [9.17, 15) is 9.59 Å². The molecule has 0 atom stereocenters. The molecule has 0 bridgehead atoms. The molecule has 1 fully saturated rings. The number of aromatic carboxylic acids is 1. The van der Waals surface area contributed by atoms with Gasteiger partial charge in [0.15, 0.2) is 0 Å². The van der Waals surface area contributed by atoms with Gasteiger partial charge in [0.05, 0.1) is 0 Å². The number of carbonyl (C=O) groups excluding carboxylic acids is 1. The first-order chi connectivity index (χ1) is 8.66. The average Bonchev–Trinajstić information content (AvgIpc) is 2.78. The predicted octanol–water partition coefficient (Wildman–Crippen LogP) is -0.123. The van der Waals surface area contributed by atoms with Crippen molar-refractivity contribution in [2.75, 3.05) is 13.2 Å². The second-order valence-corrected chi connectivity index (χ2v) is 4.13. The van der Waals surface area contributed by atoms with E-state index in [1.807, 2.05) is 0 Å². The van der Waals surface area contributed by atoms with Crippen LogP contribution in [0.2, 0.25) is 0 Å². The molecule has 0 aliphatic carbocycles. The van der Waals surface area contributed by atoms with Gasteiger partial charge in [0, 0.05) is 25.5 Å². The van der Waals surface area contributed by atoms with Crippen LogP contribution < -0.4 is 5.32 Å². The number of aromatic nitrogens is 2. The number of carboxylic acids is 1. The minimum Gasteiger partial charge on any atom is -0.477 e. The van der Waals surface area contributed by atoms with Crippen molar-refractivity contribution in [2.45, 2.75) is 25.4 Å². The van der Waals surface area contributed by atoms with Gasteiger partial charge < -0.3 is 15.2 Å². The Labute approximate surface area is 104 Å². The SMILES string of the molecule is O=C(Cn1nccc1C(=O)O)NC1CCOCC1. The van der Waals surface area contributed by atoms with Gasteiger partial charge in [-0.25, -0.2) is 9.48 Å². The molecular formula is C11H15N3O4. The van der Waals surface area contributed by atoms with E-state index in [0.29, 0.717) is 13.2 Å². The van der Waals surface area contributed by atoms with Gasteiger partial charge in [-0.3, -0.25) is 4.79 Å². The van der Waals surface area contributed by atoms with Crippen molar-refractivity contribution in [3.05, 3.63) is 18.0 Å². The summed E-state index contributed by atoms with van der Waals surface area (Å²) in [5.74, 6) is -1.32. The molecule has 1 aromatic rings. The lowest BCUT2D eigenvalue weighted by Gasteiger charge is -2.23. The van der Waals surface area contributed by atoms with Gasteiger partial charge >= 0.3 is 5.97 Å². The van der Waals surface area contributed by atoms with E-state index in [2.05, 4.69) is 10.4 Å². The van der Waals surface area contributed by atoms with E-state index < -0.39 is 5.97 Å². The summed E-state index contributed by atoms with van der Waals surface area (Å²) in [4.78, 5) is 22.6. The van der Waals surface area contributed by atoms with Crippen LogP contribution in [0.5, 0.6) is 0 Å². The summed E-state index contributed by atoms with van der Waals surface area (Å²) >= 11 is 0. The highest BCUT2D eigenvalue weighted by molar-refractivity contribution is 5.86. The van der Waals surface area contributed by atoms with Crippen LogP contribution in [-0.4, -0.2) is 46.0 Å². The van der Waals surface area contributed by atoms with E-state index in [0.717, 1.165) is 12.8 Å². The van der Waals surface area contributed by atoms with Crippen molar-refractivity contribution in [3.63, 3.8) is 0 Å². The maximum Gasteiger partial charge on any atom is 0.354 e. The smallest absolute Gasteiger partial charge is 0.354 e. The van der Waals surface area contributed by atoms with Gasteiger partial charge in [0.1, 0.15) is 12.2 Å². The number of rotatable bonds is 4. The minimum absolute atomic E-state index is 0.0112. The average molecular weight is 253 g/mol. The van der Waals surface area contributed by atoms with Crippen LogP contribution in [0.1, 0.15) is 23.3 Å². The summed E-state index contributed by atoms with van der Waals surface area (Å²) in [6.45, 7) is 1.21. The Kier molecular flexibility index (Phi) is 3.93. The molecule has 0 aromatic carbocycles. The maximum atomic E-state index is 11.7. The third kappa shape index (κ3) is 3.07. The van der Waals surface area contributed by atoms with Crippen molar-refractivity contribution in [1.82, 2.24) is 15.1 Å². The van der Waals surface area contributed by atoms with Crippen molar-refractivity contribution in [3.8, 4) is 0 Å². The van der Waals surface area contributed by atoms with Crippen LogP contribution in [0.25, 0.3) is 0 Å². The summed E-state index contributed by atoms with van der Waals surface area (Å²) in [5, 5.41) is 15.6. The van der Waals surface area contributed by atoms with Crippen LogP contribution in [-0.2, 0) is 16.1 Å². The highest BCUT2D eigenvalue weighted by atomic mass is 16.5. The molecule has 1 aromatic heterocycles. The number of ether oxygens (including phenoxy) is 1. The normalized spacial score (nSPS) is 16.4. The third-order valence-corrected chi connectivity index (χ3v) is 2.82. The zero-order valence-corrected chi connectivity index (χ0v) is 9.83. The lowest BCUT2D eigenvalue weighted by molar-refractivity contribution is -0.123. The van der Waals surface area contributed by atoms with Gasteiger partial charge in [-0.1, -0.05) is 0 Å². The highest BCUT2D eigenvalue weighted by Gasteiger charge is 2.18. The lowest BCUT2D eigenvalue weighted by atomic mass is 10.1. The molecule has 7 nitrogen and oxygen atoms in total. The van der Waals surface area contributed by atoms with Crippen molar-refractivity contribution >= 4 is 11.9 Å². The third-order valence-electron chi connectivity index (χ3n) is 2.82. The zero-order chi connectivity index (χ0) is 13.0. The Hall–Kier alpha value is -1.89. The molecule has 0 spiro atoms. The maximum absolute atomic E-state index is 11.7. The fourth-order valence-corrected chi connectivity index (χ4v) is 1.89. The molecule has 1 aliphatic heterocycles. The van der Waals surface area contributed by atoms with Crippen LogP contribution in [0.15, 0.2) is 12.3 Å². The highest BCUT2D eigenvalue weighted by Crippen LogP contribution is 2.06. The first-order valence-corrected chi connectivity index (χ1v) is 5.79. The molecule has 0 unspecified atom stereocenters. The summed E-state index contributed by atoms with van der Waals surface area (Å²) < 4.78 is 6.37. The van der Waals surface area contributed by atoms with Gasteiger partial charge in [0.25, 0.3) is 0 Å². The monoisotopic (exact) mass is 253 g/mol. The van der Waals surface area contributed by atoms with Crippen molar-refractivity contribution in [1.29, 1.82) is 0 Å². The molecule has 2 rings (SSSR count). The van der Waals surface area contributed by atoms with Crippen LogP contribution in [0, 0.1) is 0 Å². The number of nitrogens with zero attached hydrogens (tertiary/aromatic N) is 2. The van der Waals surface area contributed by atoms with Crippen LogP contribution in [0.4, 0.5) is 0 Å². The number of carbonyl (C=O) groups is 2. The molecule has 1 saturated heterocycles. The molecule has 2 N–H and O–H groups in total. The van der Waals surface area contributed by atoms with Crippen LogP contribution >= 0.6 is 0 Å². The molecule has 0 radical (unpaired) electrons. The Morgan fingerprint density at radius 1 is 1.50 bits per heavy atom. The first-order valence-electron chi connectivity index (χ1n) is 5.79. The number of hydrogen-bond acceptors (Lipinski definition) is 4. The van der Waals surface area contributed by atoms with Gasteiger partial charge in [-0.05, 0) is 18.9 Å². The fourth-order valence-electron chi connectivity index (χ4n) is 1.89. The summed E-state index contributed by atoms with van der Waals surface area (Å²) in [7, 11) is 0. The van der Waals surface area contributed by atoms with E-state index in [1.165, 1.54) is 16.9 Å². The zero-order valence-electron chi connectivity index (χ0n) is 9.83. The number of hydrogen-bond donors (Lipinski definition) is 2. The Morgan fingerprint density at radius 3 is 2.89 bits per heavy atom. The van der Waals surface area contributed by atoms with Gasteiger partial charge in [-0.15, -0.1) is 0 Å². The fraction of sp³-hybridized carbons (Fsp3) is 0.545. The molecule has 7 heteroatoms. The Morgan fingerprint density at radius 2 is 2.22 bits per heavy atom. The standard InChI is InChI=1S/C11H15N3O4/c15-10(13-8-2-5-18-6-3-8)7-14-9(11(16)17)1-4-12-14/h1,4,8H,2-3,5-7H2,(H,13,15)(H,16,17). The molecule has 18 heavy (non-hydrogen) atoms. The minimum atomic E-state index is -1.09. The largest absolute Gasteiger partial charge is 0.477 e. The molecule has 1 amide bonds. The van der Waals surface area contributed by atoms with Gasteiger partial charge in [-0.2, -0.15) is 5.10 Å². The topological polar surface area (TPSA) is 93.5 Å². The van der Waals surface area contributed by atoms with E-state index in [-0.39, 0.29) is 24.2 Å². The second-order valence-electron chi connectivity index (χ2n) is 4.13.